The van der Waals surface area contributed by atoms with Crippen molar-refractivity contribution in [2.75, 3.05) is 5.32 Å². The van der Waals surface area contributed by atoms with Gasteiger partial charge in [-0.25, -0.2) is 0 Å². The summed E-state index contributed by atoms with van der Waals surface area (Å²) in [6.45, 7) is 1.72. The lowest BCUT2D eigenvalue weighted by atomic mass is 10.3. The molecule has 0 saturated heterocycles. The average molecular weight is 366 g/mol. The van der Waals surface area contributed by atoms with E-state index in [-0.39, 0.29) is 5.69 Å². The Hall–Kier alpha value is -1.84. The number of anilines is 1. The van der Waals surface area contributed by atoms with Crippen molar-refractivity contribution in [3.63, 3.8) is 0 Å². The summed E-state index contributed by atoms with van der Waals surface area (Å²) in [6.07, 6.45) is -3.20. The minimum atomic E-state index is -4.61. The zero-order valence-corrected chi connectivity index (χ0v) is 12.9. The van der Waals surface area contributed by atoms with Gasteiger partial charge in [-0.3, -0.25) is 14.2 Å². The first-order chi connectivity index (χ1) is 9.62. The molecule has 0 atom stereocenters. The minimum Gasteiger partial charge on any atom is -0.318 e. The third-order valence-corrected chi connectivity index (χ3v) is 3.71. The number of aryl methyl sites for hydroxylation is 2. The molecular formula is C11H11BrF3N5O. The highest BCUT2D eigenvalue weighted by Gasteiger charge is 2.39. The van der Waals surface area contributed by atoms with Gasteiger partial charge in [0.05, 0.1) is 22.1 Å². The number of rotatable bonds is 2. The van der Waals surface area contributed by atoms with E-state index in [0.29, 0.717) is 16.1 Å². The molecule has 1 N–H and O–H groups in total. The van der Waals surface area contributed by atoms with Gasteiger partial charge < -0.3 is 5.32 Å². The van der Waals surface area contributed by atoms with Crippen LogP contribution in [0.2, 0.25) is 0 Å². The van der Waals surface area contributed by atoms with Gasteiger partial charge in [0.25, 0.3) is 5.91 Å². The highest BCUT2D eigenvalue weighted by atomic mass is 79.9. The summed E-state index contributed by atoms with van der Waals surface area (Å²) in [5, 5.41) is 10.0. The predicted molar refractivity (Wildman–Crippen MR) is 71.8 cm³/mol. The van der Waals surface area contributed by atoms with E-state index < -0.39 is 22.3 Å². The number of hydrogen-bond donors (Lipinski definition) is 1. The van der Waals surface area contributed by atoms with Gasteiger partial charge in [-0.2, -0.15) is 23.4 Å². The Balaban J connectivity index is 2.35. The van der Waals surface area contributed by atoms with Crippen molar-refractivity contribution in [3.05, 3.63) is 27.8 Å². The summed E-state index contributed by atoms with van der Waals surface area (Å²) < 4.78 is 40.3. The van der Waals surface area contributed by atoms with Crippen molar-refractivity contribution in [2.24, 2.45) is 14.1 Å². The molecule has 0 spiro atoms. The zero-order chi connectivity index (χ0) is 15.9. The summed E-state index contributed by atoms with van der Waals surface area (Å²) in [4.78, 5) is 12.1. The predicted octanol–water partition coefficient (Wildman–Crippen LogP) is 2.50. The van der Waals surface area contributed by atoms with Crippen LogP contribution in [0.5, 0.6) is 0 Å². The van der Waals surface area contributed by atoms with Crippen molar-refractivity contribution in [1.29, 1.82) is 0 Å². The molecule has 0 aromatic carbocycles. The number of aromatic nitrogens is 4. The van der Waals surface area contributed by atoms with Crippen molar-refractivity contribution < 1.29 is 18.0 Å². The van der Waals surface area contributed by atoms with Gasteiger partial charge in [0, 0.05) is 14.1 Å². The average Bonchev–Trinajstić information content (AvgIpc) is 2.82. The third-order valence-electron chi connectivity index (χ3n) is 2.96. The summed E-state index contributed by atoms with van der Waals surface area (Å²) in [7, 11) is 2.81. The first-order valence-corrected chi connectivity index (χ1v) is 6.52. The summed E-state index contributed by atoms with van der Waals surface area (Å²) in [5.74, 6) is -0.746. The first kappa shape index (κ1) is 15.5. The third kappa shape index (κ3) is 2.80. The summed E-state index contributed by atoms with van der Waals surface area (Å²) in [6, 6.07) is 0. The van der Waals surface area contributed by atoms with Crippen LogP contribution in [-0.4, -0.2) is 25.5 Å². The number of carbonyl (C=O) groups excluding carboxylic acids is 1. The Labute approximate surface area is 126 Å². The second-order valence-electron chi connectivity index (χ2n) is 4.35. The van der Waals surface area contributed by atoms with E-state index in [9.17, 15) is 18.0 Å². The normalized spacial score (nSPS) is 11.8. The fraction of sp³-hybridized carbons (Fsp3) is 0.364. The van der Waals surface area contributed by atoms with Crippen LogP contribution in [0, 0.1) is 6.92 Å². The maximum absolute atomic E-state index is 12.8. The lowest BCUT2D eigenvalue weighted by Crippen LogP contribution is -2.14. The second kappa shape index (κ2) is 5.17. The smallest absolute Gasteiger partial charge is 0.318 e. The number of carbonyl (C=O) groups is 1. The number of hydrogen-bond acceptors (Lipinski definition) is 3. The first-order valence-electron chi connectivity index (χ1n) is 5.72. The van der Waals surface area contributed by atoms with Gasteiger partial charge in [0.15, 0.2) is 11.4 Å². The minimum absolute atomic E-state index is 0.340. The van der Waals surface area contributed by atoms with Crippen LogP contribution in [0.25, 0.3) is 0 Å². The second-order valence-corrected chi connectivity index (χ2v) is 5.15. The number of nitrogens with zero attached hydrogens (tertiary/aromatic N) is 4. The van der Waals surface area contributed by atoms with Gasteiger partial charge in [0.2, 0.25) is 0 Å². The molecule has 0 bridgehead atoms. The highest BCUT2D eigenvalue weighted by molar-refractivity contribution is 9.10. The monoisotopic (exact) mass is 365 g/mol. The molecule has 114 valence electrons. The van der Waals surface area contributed by atoms with Gasteiger partial charge in [-0.15, -0.1) is 0 Å². The number of nitrogens with one attached hydrogen (secondary N) is 1. The maximum atomic E-state index is 12.8. The Kier molecular flexibility index (Phi) is 3.83. The summed E-state index contributed by atoms with van der Waals surface area (Å²) >= 11 is 2.79. The summed E-state index contributed by atoms with van der Waals surface area (Å²) in [5.41, 5.74) is -0.274. The van der Waals surface area contributed by atoms with Crippen LogP contribution in [-0.2, 0) is 20.3 Å². The number of halogens is 4. The molecule has 2 aromatic heterocycles. The van der Waals surface area contributed by atoms with Crippen LogP contribution in [0.15, 0.2) is 10.7 Å². The molecule has 0 fully saturated rings. The van der Waals surface area contributed by atoms with E-state index >= 15 is 0 Å². The molecule has 0 aliphatic heterocycles. The molecule has 10 heteroatoms. The molecule has 0 radical (unpaired) electrons. The van der Waals surface area contributed by atoms with Gasteiger partial charge in [0.1, 0.15) is 0 Å². The van der Waals surface area contributed by atoms with Crippen LogP contribution in [0.4, 0.5) is 18.9 Å². The Bertz CT molecular complexity index is 704. The van der Waals surface area contributed by atoms with Crippen LogP contribution < -0.4 is 5.32 Å². The van der Waals surface area contributed by atoms with E-state index in [1.807, 2.05) is 0 Å². The van der Waals surface area contributed by atoms with Gasteiger partial charge >= 0.3 is 6.18 Å². The Morgan fingerprint density at radius 3 is 2.38 bits per heavy atom. The fourth-order valence-electron chi connectivity index (χ4n) is 1.75. The standard InChI is InChI=1S/C11H11BrF3N5O/c1-5-6(4-16-19(5)2)17-10(21)8-7(12)9(11(13,14)15)20(3)18-8/h4H,1-3H3,(H,17,21). The Morgan fingerprint density at radius 1 is 1.33 bits per heavy atom. The molecule has 2 rings (SSSR count). The molecule has 0 unspecified atom stereocenters. The van der Waals surface area contributed by atoms with E-state index in [1.165, 1.54) is 10.9 Å². The fourth-order valence-corrected chi connectivity index (χ4v) is 2.49. The molecule has 21 heavy (non-hydrogen) atoms. The van der Waals surface area contributed by atoms with Crippen LogP contribution in [0.3, 0.4) is 0 Å². The zero-order valence-electron chi connectivity index (χ0n) is 11.3. The number of amides is 1. The molecular weight excluding hydrogens is 355 g/mol. The molecule has 2 heterocycles. The Morgan fingerprint density at radius 2 is 1.95 bits per heavy atom. The SMILES string of the molecule is Cc1c(NC(=O)c2nn(C)c(C(F)(F)F)c2Br)cnn1C. The molecule has 2 aromatic rings. The quantitative estimate of drug-likeness (QED) is 0.888. The maximum Gasteiger partial charge on any atom is 0.434 e. The van der Waals surface area contributed by atoms with E-state index in [4.69, 9.17) is 0 Å². The molecule has 6 nitrogen and oxygen atoms in total. The van der Waals surface area contributed by atoms with Gasteiger partial charge in [-0.1, -0.05) is 0 Å². The number of alkyl halides is 3. The van der Waals surface area contributed by atoms with Crippen molar-refractivity contribution in [1.82, 2.24) is 19.6 Å². The van der Waals surface area contributed by atoms with Crippen LogP contribution in [0.1, 0.15) is 21.9 Å². The van der Waals surface area contributed by atoms with E-state index in [0.717, 1.165) is 7.05 Å². The molecule has 0 aliphatic carbocycles. The lowest BCUT2D eigenvalue weighted by molar-refractivity contribution is -0.144. The van der Waals surface area contributed by atoms with Crippen molar-refractivity contribution in [3.8, 4) is 0 Å². The largest absolute Gasteiger partial charge is 0.434 e. The topological polar surface area (TPSA) is 64.7 Å². The van der Waals surface area contributed by atoms with Crippen molar-refractivity contribution in [2.45, 2.75) is 13.1 Å². The van der Waals surface area contributed by atoms with Crippen molar-refractivity contribution >= 4 is 27.5 Å². The van der Waals surface area contributed by atoms with Crippen LogP contribution >= 0.6 is 15.9 Å². The lowest BCUT2D eigenvalue weighted by Gasteiger charge is -2.06. The molecule has 0 saturated carbocycles. The van der Waals surface area contributed by atoms with E-state index in [2.05, 4.69) is 31.4 Å². The molecule has 1 amide bonds. The highest BCUT2D eigenvalue weighted by Crippen LogP contribution is 2.36. The van der Waals surface area contributed by atoms with E-state index in [1.54, 1.807) is 14.0 Å². The molecule has 0 aliphatic rings. The van der Waals surface area contributed by atoms with Gasteiger partial charge in [-0.05, 0) is 22.9 Å².